The normalized spacial score (nSPS) is 10.9. The van der Waals surface area contributed by atoms with Gasteiger partial charge < -0.3 is 5.73 Å². The van der Waals surface area contributed by atoms with E-state index in [4.69, 9.17) is 5.73 Å². The Morgan fingerprint density at radius 2 is 1.67 bits per heavy atom. The lowest BCUT2D eigenvalue weighted by atomic mass is 9.94. The summed E-state index contributed by atoms with van der Waals surface area (Å²) in [6.45, 7) is 8.60. The van der Waals surface area contributed by atoms with Crippen LogP contribution in [0.3, 0.4) is 0 Å². The molecule has 94 valence electrons. The minimum atomic E-state index is 0.471. The van der Waals surface area contributed by atoms with Crippen molar-refractivity contribution in [1.82, 2.24) is 0 Å². The number of anilines is 1. The number of rotatable bonds is 2. The number of hydrogen-bond donors (Lipinski definition) is 1. The van der Waals surface area contributed by atoms with Crippen molar-refractivity contribution >= 4 is 5.69 Å². The lowest BCUT2D eigenvalue weighted by molar-refractivity contribution is 0.870. The van der Waals surface area contributed by atoms with Gasteiger partial charge in [-0.15, -0.1) is 0 Å². The van der Waals surface area contributed by atoms with Crippen molar-refractivity contribution in [3.63, 3.8) is 0 Å². The average Bonchev–Trinajstić information content (AvgIpc) is 2.28. The maximum absolute atomic E-state index is 6.14. The molecule has 1 heteroatoms. The van der Waals surface area contributed by atoms with E-state index in [1.165, 1.54) is 27.8 Å². The predicted molar refractivity (Wildman–Crippen MR) is 79.9 cm³/mol. The molecule has 0 fully saturated rings. The van der Waals surface area contributed by atoms with Crippen LogP contribution in [0.25, 0.3) is 11.1 Å². The van der Waals surface area contributed by atoms with Gasteiger partial charge in [-0.25, -0.2) is 0 Å². The molecule has 0 aromatic heterocycles. The Hall–Kier alpha value is -1.76. The fourth-order valence-electron chi connectivity index (χ4n) is 2.41. The zero-order valence-electron chi connectivity index (χ0n) is 11.6. The highest BCUT2D eigenvalue weighted by atomic mass is 14.6. The first-order valence-electron chi connectivity index (χ1n) is 6.46. The van der Waals surface area contributed by atoms with Gasteiger partial charge in [0, 0.05) is 5.69 Å². The third kappa shape index (κ3) is 2.40. The number of hydrogen-bond acceptors (Lipinski definition) is 1. The smallest absolute Gasteiger partial charge is 0.0355 e. The molecule has 2 aromatic carbocycles. The third-order valence-corrected chi connectivity index (χ3v) is 3.40. The Morgan fingerprint density at radius 3 is 2.22 bits per heavy atom. The van der Waals surface area contributed by atoms with Gasteiger partial charge in [-0.1, -0.05) is 49.7 Å². The molecule has 2 rings (SSSR count). The minimum Gasteiger partial charge on any atom is -0.398 e. The highest BCUT2D eigenvalue weighted by molar-refractivity contribution is 5.72. The van der Waals surface area contributed by atoms with Crippen molar-refractivity contribution in [2.75, 3.05) is 5.73 Å². The third-order valence-electron chi connectivity index (χ3n) is 3.40. The van der Waals surface area contributed by atoms with Crippen molar-refractivity contribution in [1.29, 1.82) is 0 Å². The lowest BCUT2D eigenvalue weighted by Gasteiger charge is -2.13. The second-order valence-electron chi connectivity index (χ2n) is 5.32. The molecule has 2 N–H and O–H groups in total. The Kier molecular flexibility index (Phi) is 3.42. The van der Waals surface area contributed by atoms with Crippen molar-refractivity contribution in [3.05, 3.63) is 53.1 Å². The second-order valence-corrected chi connectivity index (χ2v) is 5.32. The number of aryl methyl sites for hydroxylation is 2. The van der Waals surface area contributed by atoms with Crippen LogP contribution in [0.5, 0.6) is 0 Å². The summed E-state index contributed by atoms with van der Waals surface area (Å²) in [6, 6.07) is 12.9. The molecule has 0 radical (unpaired) electrons. The number of nitrogen functional groups attached to an aromatic ring is 1. The van der Waals surface area contributed by atoms with Crippen LogP contribution in [-0.2, 0) is 0 Å². The van der Waals surface area contributed by atoms with E-state index < -0.39 is 0 Å². The SMILES string of the molecule is Cc1ccc(-c2ccc(C(C)C)c(N)c2)c(C)c1. The van der Waals surface area contributed by atoms with Crippen molar-refractivity contribution in [3.8, 4) is 11.1 Å². The monoisotopic (exact) mass is 239 g/mol. The van der Waals surface area contributed by atoms with Crippen LogP contribution in [0.15, 0.2) is 36.4 Å². The van der Waals surface area contributed by atoms with Crippen molar-refractivity contribution in [2.24, 2.45) is 0 Å². The molecule has 0 aliphatic heterocycles. The van der Waals surface area contributed by atoms with Gasteiger partial charge in [-0.2, -0.15) is 0 Å². The van der Waals surface area contributed by atoms with Gasteiger partial charge in [0.1, 0.15) is 0 Å². The van der Waals surface area contributed by atoms with Crippen LogP contribution in [0.1, 0.15) is 36.5 Å². The molecule has 0 aliphatic carbocycles. The summed E-state index contributed by atoms with van der Waals surface area (Å²) < 4.78 is 0. The zero-order chi connectivity index (χ0) is 13.3. The van der Waals surface area contributed by atoms with E-state index in [2.05, 4.69) is 64.1 Å². The molecule has 0 saturated carbocycles. The molecular weight excluding hydrogens is 218 g/mol. The quantitative estimate of drug-likeness (QED) is 0.757. The second kappa shape index (κ2) is 4.85. The van der Waals surface area contributed by atoms with Crippen LogP contribution in [0.2, 0.25) is 0 Å². The number of benzene rings is 2. The predicted octanol–water partition coefficient (Wildman–Crippen LogP) is 4.68. The van der Waals surface area contributed by atoms with Crippen LogP contribution < -0.4 is 5.73 Å². The van der Waals surface area contributed by atoms with E-state index in [1.807, 2.05) is 0 Å². The molecule has 0 spiro atoms. The molecule has 0 saturated heterocycles. The highest BCUT2D eigenvalue weighted by Crippen LogP contribution is 2.30. The molecule has 0 bridgehead atoms. The van der Waals surface area contributed by atoms with Gasteiger partial charge in [0.25, 0.3) is 0 Å². The van der Waals surface area contributed by atoms with E-state index in [1.54, 1.807) is 0 Å². The summed E-state index contributed by atoms with van der Waals surface area (Å²) in [5.41, 5.74) is 13.3. The van der Waals surface area contributed by atoms with Crippen LogP contribution in [0, 0.1) is 13.8 Å². The van der Waals surface area contributed by atoms with Gasteiger partial charge in [0.15, 0.2) is 0 Å². The molecule has 0 unspecified atom stereocenters. The minimum absolute atomic E-state index is 0.471. The molecule has 0 atom stereocenters. The first-order valence-corrected chi connectivity index (χ1v) is 6.46. The summed E-state index contributed by atoms with van der Waals surface area (Å²) in [6.07, 6.45) is 0. The highest BCUT2D eigenvalue weighted by Gasteiger charge is 2.07. The van der Waals surface area contributed by atoms with E-state index in [0.717, 1.165) is 5.69 Å². The summed E-state index contributed by atoms with van der Waals surface area (Å²) >= 11 is 0. The Balaban J connectivity index is 2.49. The number of nitrogens with two attached hydrogens (primary N) is 1. The van der Waals surface area contributed by atoms with E-state index >= 15 is 0 Å². The summed E-state index contributed by atoms with van der Waals surface area (Å²) in [5.74, 6) is 0.471. The van der Waals surface area contributed by atoms with Crippen LogP contribution in [-0.4, -0.2) is 0 Å². The fourth-order valence-corrected chi connectivity index (χ4v) is 2.41. The Labute approximate surface area is 110 Å². The maximum atomic E-state index is 6.14. The first-order chi connectivity index (χ1) is 8.49. The summed E-state index contributed by atoms with van der Waals surface area (Å²) in [4.78, 5) is 0. The van der Waals surface area contributed by atoms with E-state index in [0.29, 0.717) is 5.92 Å². The summed E-state index contributed by atoms with van der Waals surface area (Å²) in [7, 11) is 0. The van der Waals surface area contributed by atoms with Gasteiger partial charge in [-0.3, -0.25) is 0 Å². The first kappa shape index (κ1) is 12.7. The fraction of sp³-hybridized carbons (Fsp3) is 0.294. The maximum Gasteiger partial charge on any atom is 0.0355 e. The van der Waals surface area contributed by atoms with Gasteiger partial charge in [0.05, 0.1) is 0 Å². The molecule has 0 amide bonds. The summed E-state index contributed by atoms with van der Waals surface area (Å²) in [5, 5.41) is 0. The van der Waals surface area contributed by atoms with Crippen LogP contribution in [0.4, 0.5) is 5.69 Å². The molecule has 0 heterocycles. The van der Waals surface area contributed by atoms with E-state index in [-0.39, 0.29) is 0 Å². The molecule has 2 aromatic rings. The Morgan fingerprint density at radius 1 is 0.944 bits per heavy atom. The van der Waals surface area contributed by atoms with Crippen LogP contribution >= 0.6 is 0 Å². The van der Waals surface area contributed by atoms with Crippen molar-refractivity contribution in [2.45, 2.75) is 33.6 Å². The molecule has 1 nitrogen and oxygen atoms in total. The van der Waals surface area contributed by atoms with Gasteiger partial charge in [-0.05, 0) is 48.1 Å². The van der Waals surface area contributed by atoms with Gasteiger partial charge >= 0.3 is 0 Å². The zero-order valence-corrected chi connectivity index (χ0v) is 11.6. The standard InChI is InChI=1S/C17H21N/c1-11(2)15-8-6-14(10-17(15)18)16-7-5-12(3)9-13(16)4/h5-11H,18H2,1-4H3. The largest absolute Gasteiger partial charge is 0.398 e. The molecular formula is C17H21N. The average molecular weight is 239 g/mol. The Bertz CT molecular complexity index is 568. The topological polar surface area (TPSA) is 26.0 Å². The van der Waals surface area contributed by atoms with E-state index in [9.17, 15) is 0 Å². The molecule has 18 heavy (non-hydrogen) atoms. The van der Waals surface area contributed by atoms with Crippen molar-refractivity contribution < 1.29 is 0 Å². The lowest BCUT2D eigenvalue weighted by Crippen LogP contribution is -1.97. The molecule has 0 aliphatic rings. The van der Waals surface area contributed by atoms with Gasteiger partial charge in [0.2, 0.25) is 0 Å².